The highest BCUT2D eigenvalue weighted by molar-refractivity contribution is 8.00. The fourth-order valence-electron chi connectivity index (χ4n) is 4.30. The minimum absolute atomic E-state index is 0.0168. The molecule has 0 radical (unpaired) electrons. The lowest BCUT2D eigenvalue weighted by atomic mass is 10.0. The van der Waals surface area contributed by atoms with Gasteiger partial charge in [0.15, 0.2) is 5.16 Å². The molecule has 0 bridgehead atoms. The summed E-state index contributed by atoms with van der Waals surface area (Å²) < 4.78 is 7.46. The second-order valence-electron chi connectivity index (χ2n) is 8.62. The summed E-state index contributed by atoms with van der Waals surface area (Å²) in [5.41, 5.74) is 3.27. The van der Waals surface area contributed by atoms with Gasteiger partial charge in [-0.05, 0) is 43.5 Å². The van der Waals surface area contributed by atoms with Crippen LogP contribution in [0, 0.1) is 0 Å². The highest BCUT2D eigenvalue weighted by atomic mass is 32.2. The molecule has 1 aromatic heterocycles. The van der Waals surface area contributed by atoms with Crippen LogP contribution >= 0.6 is 11.8 Å². The smallest absolute Gasteiger partial charge is 0.262 e. The molecule has 0 aliphatic carbocycles. The summed E-state index contributed by atoms with van der Waals surface area (Å²) in [6.45, 7) is 2.98. The lowest BCUT2D eigenvalue weighted by Crippen LogP contribution is -2.30. The van der Waals surface area contributed by atoms with Gasteiger partial charge in [0.2, 0.25) is 5.91 Å². The van der Waals surface area contributed by atoms with E-state index >= 15 is 0 Å². The van der Waals surface area contributed by atoms with Crippen molar-refractivity contribution in [2.24, 2.45) is 0 Å². The van der Waals surface area contributed by atoms with Gasteiger partial charge in [-0.25, -0.2) is 4.98 Å². The summed E-state index contributed by atoms with van der Waals surface area (Å²) in [5.74, 6) is -0.149. The Morgan fingerprint density at radius 3 is 2.63 bits per heavy atom. The van der Waals surface area contributed by atoms with Gasteiger partial charge in [0.1, 0.15) is 0 Å². The lowest BCUT2D eigenvalue weighted by molar-refractivity contribution is -0.115. The van der Waals surface area contributed by atoms with Crippen molar-refractivity contribution in [1.82, 2.24) is 9.55 Å². The van der Waals surface area contributed by atoms with E-state index in [0.717, 1.165) is 29.7 Å². The SMILES string of the molecule is C[C@@H](Sc1nc2ccccc2c(=O)n1C[C@H]1CCCO1)C(=O)Nc1ccccc1-c1ccccc1. The third-order valence-electron chi connectivity index (χ3n) is 6.16. The molecule has 2 atom stereocenters. The van der Waals surface area contributed by atoms with Gasteiger partial charge >= 0.3 is 0 Å². The first-order valence-corrected chi connectivity index (χ1v) is 12.7. The summed E-state index contributed by atoms with van der Waals surface area (Å²) in [4.78, 5) is 31.3. The van der Waals surface area contributed by atoms with Crippen molar-refractivity contribution in [3.05, 3.63) is 89.2 Å². The predicted octanol–water partition coefficient (Wildman–Crippen LogP) is 5.36. The Hall–Kier alpha value is -3.42. The predicted molar refractivity (Wildman–Crippen MR) is 141 cm³/mol. The Kier molecular flexibility index (Phi) is 6.97. The number of para-hydroxylation sites is 2. The number of hydrogen-bond acceptors (Lipinski definition) is 5. The number of carbonyl (C=O) groups excluding carboxylic acids is 1. The van der Waals surface area contributed by atoms with Crippen molar-refractivity contribution in [3.63, 3.8) is 0 Å². The van der Waals surface area contributed by atoms with Crippen molar-refractivity contribution in [1.29, 1.82) is 0 Å². The molecule has 4 aromatic rings. The van der Waals surface area contributed by atoms with Gasteiger partial charge in [0.05, 0.1) is 28.8 Å². The summed E-state index contributed by atoms with van der Waals surface area (Å²) in [6.07, 6.45) is 1.88. The quantitative estimate of drug-likeness (QED) is 0.282. The van der Waals surface area contributed by atoms with Crippen molar-refractivity contribution < 1.29 is 9.53 Å². The number of fused-ring (bicyclic) bond motifs is 1. The van der Waals surface area contributed by atoms with Crippen molar-refractivity contribution in [2.75, 3.05) is 11.9 Å². The minimum atomic E-state index is -0.470. The summed E-state index contributed by atoms with van der Waals surface area (Å²) >= 11 is 1.30. The maximum absolute atomic E-state index is 13.3. The monoisotopic (exact) mass is 485 g/mol. The number of benzene rings is 3. The molecule has 5 rings (SSSR count). The van der Waals surface area contributed by atoms with Crippen LogP contribution in [0.5, 0.6) is 0 Å². The van der Waals surface area contributed by atoms with Gasteiger partial charge in [0.25, 0.3) is 5.56 Å². The van der Waals surface area contributed by atoms with Gasteiger partial charge < -0.3 is 10.1 Å². The maximum atomic E-state index is 13.3. The van der Waals surface area contributed by atoms with E-state index in [-0.39, 0.29) is 17.6 Å². The standard InChI is InChI=1S/C28H27N3O3S/c1-19(26(32)29-24-15-7-5-13-22(24)20-10-3-2-4-11-20)35-28-30-25-16-8-6-14-23(25)27(33)31(28)18-21-12-9-17-34-21/h2-8,10-11,13-16,19,21H,9,12,17-18H2,1H3,(H,29,32)/t19-,21-/m1/s1. The largest absolute Gasteiger partial charge is 0.376 e. The zero-order valence-electron chi connectivity index (χ0n) is 19.5. The van der Waals surface area contributed by atoms with Crippen molar-refractivity contribution in [3.8, 4) is 11.1 Å². The molecule has 178 valence electrons. The highest BCUT2D eigenvalue weighted by Gasteiger charge is 2.23. The topological polar surface area (TPSA) is 73.2 Å². The van der Waals surface area contributed by atoms with Gasteiger partial charge in [0, 0.05) is 17.9 Å². The van der Waals surface area contributed by atoms with Crippen LogP contribution in [0.4, 0.5) is 5.69 Å². The third-order valence-corrected chi connectivity index (χ3v) is 7.25. The van der Waals surface area contributed by atoms with Gasteiger partial charge in [-0.2, -0.15) is 0 Å². The Bertz CT molecular complexity index is 1400. The lowest BCUT2D eigenvalue weighted by Gasteiger charge is -2.19. The molecule has 0 saturated carbocycles. The van der Waals surface area contributed by atoms with Crippen LogP contribution < -0.4 is 10.9 Å². The molecule has 1 fully saturated rings. The van der Waals surface area contributed by atoms with Gasteiger partial charge in [-0.15, -0.1) is 0 Å². The molecule has 1 saturated heterocycles. The summed E-state index contributed by atoms with van der Waals surface area (Å²) in [7, 11) is 0. The molecule has 1 N–H and O–H groups in total. The first kappa shape index (κ1) is 23.3. The van der Waals surface area contributed by atoms with Crippen LogP contribution in [0.2, 0.25) is 0 Å². The summed E-state index contributed by atoms with van der Waals surface area (Å²) in [6, 6.07) is 25.1. The number of hydrogen-bond donors (Lipinski definition) is 1. The molecular weight excluding hydrogens is 458 g/mol. The molecule has 0 unspecified atom stereocenters. The number of thioether (sulfide) groups is 1. The normalized spacial score (nSPS) is 16.3. The summed E-state index contributed by atoms with van der Waals surface area (Å²) in [5, 5.41) is 3.71. The van der Waals surface area contributed by atoms with E-state index < -0.39 is 5.25 Å². The Balaban J connectivity index is 1.41. The van der Waals surface area contributed by atoms with E-state index in [1.807, 2.05) is 79.7 Å². The maximum Gasteiger partial charge on any atom is 0.262 e. The highest BCUT2D eigenvalue weighted by Crippen LogP contribution is 2.29. The fraction of sp³-hybridized carbons (Fsp3) is 0.250. The van der Waals surface area contributed by atoms with E-state index in [1.165, 1.54) is 11.8 Å². The number of rotatable bonds is 7. The molecule has 0 spiro atoms. The van der Waals surface area contributed by atoms with Gasteiger partial charge in [-0.1, -0.05) is 72.4 Å². The van der Waals surface area contributed by atoms with Crippen molar-refractivity contribution >= 4 is 34.3 Å². The van der Waals surface area contributed by atoms with Crippen LogP contribution in [0.3, 0.4) is 0 Å². The van der Waals surface area contributed by atoms with E-state index in [2.05, 4.69) is 5.32 Å². The van der Waals surface area contributed by atoms with Crippen LogP contribution in [0.15, 0.2) is 88.8 Å². The van der Waals surface area contributed by atoms with Crippen molar-refractivity contribution in [2.45, 2.75) is 42.8 Å². The average molecular weight is 486 g/mol. The Morgan fingerprint density at radius 1 is 1.09 bits per heavy atom. The number of amides is 1. The number of nitrogens with one attached hydrogen (secondary N) is 1. The molecule has 35 heavy (non-hydrogen) atoms. The molecule has 2 heterocycles. The van der Waals surface area contributed by atoms with Crippen LogP contribution in [-0.2, 0) is 16.1 Å². The molecule has 1 aliphatic rings. The zero-order chi connectivity index (χ0) is 24.2. The molecule has 6 nitrogen and oxygen atoms in total. The molecule has 7 heteroatoms. The second kappa shape index (κ2) is 10.5. The molecule has 1 aliphatic heterocycles. The van der Waals surface area contributed by atoms with Crippen LogP contribution in [0.25, 0.3) is 22.0 Å². The average Bonchev–Trinajstić information content (AvgIpc) is 3.40. The minimum Gasteiger partial charge on any atom is -0.376 e. The van der Waals surface area contributed by atoms with E-state index in [4.69, 9.17) is 9.72 Å². The number of nitrogens with zero attached hydrogens (tertiary/aromatic N) is 2. The number of aromatic nitrogens is 2. The molecule has 3 aromatic carbocycles. The van der Waals surface area contributed by atoms with Crippen LogP contribution in [-0.4, -0.2) is 33.4 Å². The van der Waals surface area contributed by atoms with E-state index in [0.29, 0.717) is 29.2 Å². The van der Waals surface area contributed by atoms with E-state index in [9.17, 15) is 9.59 Å². The fourth-order valence-corrected chi connectivity index (χ4v) is 5.22. The molecular formula is C28H27N3O3S. The Labute approximate surface area is 208 Å². The zero-order valence-corrected chi connectivity index (χ0v) is 20.3. The van der Waals surface area contributed by atoms with Gasteiger partial charge in [-0.3, -0.25) is 14.2 Å². The first-order chi connectivity index (χ1) is 17.1. The molecule has 1 amide bonds. The second-order valence-corrected chi connectivity index (χ2v) is 9.93. The number of anilines is 1. The first-order valence-electron chi connectivity index (χ1n) is 11.8. The number of ether oxygens (including phenoxy) is 1. The Morgan fingerprint density at radius 2 is 1.83 bits per heavy atom. The van der Waals surface area contributed by atoms with Crippen LogP contribution in [0.1, 0.15) is 19.8 Å². The number of carbonyl (C=O) groups is 1. The third kappa shape index (κ3) is 5.16. The van der Waals surface area contributed by atoms with E-state index in [1.54, 1.807) is 10.6 Å².